The highest BCUT2D eigenvalue weighted by Crippen LogP contribution is 2.51. The van der Waals surface area contributed by atoms with Crippen LogP contribution in [0.2, 0.25) is 0 Å². The fourth-order valence-electron chi connectivity index (χ4n) is 7.76. The number of anilines is 3. The second kappa shape index (κ2) is 13.1. The second-order valence-electron chi connectivity index (χ2n) is 13.6. The summed E-state index contributed by atoms with van der Waals surface area (Å²) in [6, 6.07) is 64.5. The van der Waals surface area contributed by atoms with Gasteiger partial charge in [0.05, 0.1) is 0 Å². The molecule has 1 aliphatic heterocycles. The van der Waals surface area contributed by atoms with Crippen molar-refractivity contribution in [2.75, 3.05) is 4.90 Å². The minimum Gasteiger partial charge on any atom is -0.310 e. The highest BCUT2D eigenvalue weighted by molar-refractivity contribution is 7.99. The zero-order valence-electron chi connectivity index (χ0n) is 29.4. The third kappa shape index (κ3) is 5.49. The van der Waals surface area contributed by atoms with Gasteiger partial charge in [0.15, 0.2) is 17.5 Å². The Balaban J connectivity index is 1.08. The Bertz CT molecular complexity index is 3010. The molecule has 0 aliphatic carbocycles. The minimum absolute atomic E-state index is 0.656. The Kier molecular flexibility index (Phi) is 7.57. The molecule has 2 aromatic heterocycles. The van der Waals surface area contributed by atoms with Crippen molar-refractivity contribution in [1.29, 1.82) is 0 Å². The van der Waals surface area contributed by atoms with E-state index in [1.165, 1.54) is 46.5 Å². The Labute approximate surface area is 326 Å². The average Bonchev–Trinajstić information content (AvgIpc) is 3.63. The van der Waals surface area contributed by atoms with Crippen LogP contribution in [0, 0.1) is 0 Å². The van der Waals surface area contributed by atoms with Crippen molar-refractivity contribution in [3.05, 3.63) is 182 Å². The summed E-state index contributed by atoms with van der Waals surface area (Å²) in [6.07, 6.45) is 0. The molecule has 0 saturated heterocycles. The van der Waals surface area contributed by atoms with Crippen molar-refractivity contribution >= 4 is 71.1 Å². The van der Waals surface area contributed by atoms with Crippen molar-refractivity contribution < 1.29 is 0 Å². The Hall–Kier alpha value is -6.60. The van der Waals surface area contributed by atoms with Gasteiger partial charge in [0.2, 0.25) is 0 Å². The topological polar surface area (TPSA) is 41.9 Å². The average molecular weight is 739 g/mol. The van der Waals surface area contributed by atoms with Crippen LogP contribution in [0.25, 0.3) is 76.2 Å². The van der Waals surface area contributed by atoms with Gasteiger partial charge in [0.1, 0.15) is 0 Å². The van der Waals surface area contributed by atoms with Gasteiger partial charge in [-0.15, -0.1) is 11.3 Å². The maximum Gasteiger partial charge on any atom is 0.164 e. The number of hydrogen-bond acceptors (Lipinski definition) is 6. The van der Waals surface area contributed by atoms with Gasteiger partial charge in [0, 0.05) is 69.1 Å². The maximum atomic E-state index is 5.10. The molecule has 0 unspecified atom stereocenters. The van der Waals surface area contributed by atoms with E-state index in [2.05, 4.69) is 150 Å². The van der Waals surface area contributed by atoms with Crippen molar-refractivity contribution in [2.45, 2.75) is 9.79 Å². The summed E-state index contributed by atoms with van der Waals surface area (Å²) in [7, 11) is 0. The molecule has 0 saturated carbocycles. The van der Waals surface area contributed by atoms with Crippen molar-refractivity contribution in [1.82, 2.24) is 15.0 Å². The number of nitrogens with zero attached hydrogens (tertiary/aromatic N) is 4. The van der Waals surface area contributed by atoms with E-state index in [4.69, 9.17) is 15.0 Å². The fraction of sp³-hybridized carbons (Fsp3) is 0. The number of thiophene rings is 1. The monoisotopic (exact) mass is 738 g/mol. The molecule has 3 heterocycles. The lowest BCUT2D eigenvalue weighted by Crippen LogP contribution is -2.10. The first-order valence-electron chi connectivity index (χ1n) is 18.3. The Morgan fingerprint density at radius 2 is 0.964 bits per heavy atom. The molecule has 55 heavy (non-hydrogen) atoms. The zero-order chi connectivity index (χ0) is 36.3. The Morgan fingerprint density at radius 1 is 0.364 bits per heavy atom. The van der Waals surface area contributed by atoms with E-state index >= 15 is 0 Å². The lowest BCUT2D eigenvalue weighted by molar-refractivity contribution is 1.08. The summed E-state index contributed by atoms with van der Waals surface area (Å²) in [5.74, 6) is 1.97. The molecule has 6 heteroatoms. The Morgan fingerprint density at radius 3 is 1.73 bits per heavy atom. The first-order valence-corrected chi connectivity index (χ1v) is 19.9. The second-order valence-corrected chi connectivity index (χ2v) is 15.8. The largest absolute Gasteiger partial charge is 0.310 e. The van der Waals surface area contributed by atoms with Crippen LogP contribution in [0.5, 0.6) is 0 Å². The molecule has 0 fully saturated rings. The molecule has 0 amide bonds. The number of aromatic nitrogens is 3. The SMILES string of the molecule is c1ccc(-c2nc(-c3ccccc3)nc(-c3ccc4c5c(cccc35)-c3cc(N(c5ccccc5)c5ccc6sc7ccccc7c6c5)ccc3S4)n2)cc1. The molecule has 0 atom stereocenters. The molecule has 8 aromatic carbocycles. The molecule has 0 radical (unpaired) electrons. The van der Waals surface area contributed by atoms with Gasteiger partial charge < -0.3 is 4.90 Å². The predicted octanol–water partition coefficient (Wildman–Crippen LogP) is 14.0. The summed E-state index contributed by atoms with van der Waals surface area (Å²) in [6.45, 7) is 0. The van der Waals surface area contributed by atoms with E-state index in [-0.39, 0.29) is 0 Å². The summed E-state index contributed by atoms with van der Waals surface area (Å²) >= 11 is 3.67. The maximum absolute atomic E-state index is 5.10. The summed E-state index contributed by atoms with van der Waals surface area (Å²) in [5, 5.41) is 4.92. The van der Waals surface area contributed by atoms with Crippen LogP contribution in [0.4, 0.5) is 17.1 Å². The van der Waals surface area contributed by atoms with Gasteiger partial charge in [0.25, 0.3) is 0 Å². The minimum atomic E-state index is 0.656. The van der Waals surface area contributed by atoms with Gasteiger partial charge in [-0.2, -0.15) is 0 Å². The van der Waals surface area contributed by atoms with Crippen LogP contribution in [0.15, 0.2) is 192 Å². The number of rotatable bonds is 6. The number of hydrogen-bond donors (Lipinski definition) is 0. The van der Waals surface area contributed by atoms with Crippen molar-refractivity contribution in [3.63, 3.8) is 0 Å². The molecule has 258 valence electrons. The summed E-state index contributed by atoms with van der Waals surface area (Å²) in [5.41, 5.74) is 8.67. The molecular formula is C49H30N4S2. The summed E-state index contributed by atoms with van der Waals surface area (Å²) < 4.78 is 2.60. The van der Waals surface area contributed by atoms with Gasteiger partial charge in [-0.05, 0) is 83.2 Å². The highest BCUT2D eigenvalue weighted by atomic mass is 32.2. The highest BCUT2D eigenvalue weighted by Gasteiger charge is 2.24. The van der Waals surface area contributed by atoms with E-state index in [1.807, 2.05) is 59.5 Å². The van der Waals surface area contributed by atoms with Gasteiger partial charge >= 0.3 is 0 Å². The molecule has 10 aromatic rings. The van der Waals surface area contributed by atoms with Crippen LogP contribution in [-0.4, -0.2) is 15.0 Å². The van der Waals surface area contributed by atoms with Crippen LogP contribution < -0.4 is 4.90 Å². The van der Waals surface area contributed by atoms with Crippen molar-refractivity contribution in [3.8, 4) is 45.3 Å². The molecule has 0 N–H and O–H groups in total. The standard InChI is InChI=1S/C49H30N4S2/c1-4-13-31(14-5-1)47-50-48(32-15-6-2-7-16-32)52-49(51-47)39-25-28-45-46-37(39)20-12-21-38(46)41-30-35(24-27-44(41)55-45)53(33-17-8-3-9-18-33)34-23-26-43-40(29-34)36-19-10-11-22-42(36)54-43/h1-30H. The number of benzene rings is 8. The van der Waals surface area contributed by atoms with Gasteiger partial charge in [-0.1, -0.05) is 127 Å². The molecular weight excluding hydrogens is 709 g/mol. The first-order chi connectivity index (χ1) is 27.2. The predicted molar refractivity (Wildman–Crippen MR) is 231 cm³/mol. The normalized spacial score (nSPS) is 11.9. The molecule has 1 aliphatic rings. The zero-order valence-corrected chi connectivity index (χ0v) is 31.1. The summed E-state index contributed by atoms with van der Waals surface area (Å²) in [4.78, 5) is 20.0. The third-order valence-corrected chi connectivity index (χ3v) is 12.6. The van der Waals surface area contributed by atoms with Crippen LogP contribution >= 0.6 is 23.1 Å². The smallest absolute Gasteiger partial charge is 0.164 e. The van der Waals surface area contributed by atoms with Crippen LogP contribution in [0.1, 0.15) is 0 Å². The van der Waals surface area contributed by atoms with E-state index in [1.54, 1.807) is 0 Å². The van der Waals surface area contributed by atoms with Gasteiger partial charge in [-0.25, -0.2) is 15.0 Å². The molecule has 0 spiro atoms. The van der Waals surface area contributed by atoms with E-state index in [9.17, 15) is 0 Å². The lowest BCUT2D eigenvalue weighted by Gasteiger charge is -2.28. The molecule has 0 bridgehead atoms. The number of para-hydroxylation sites is 1. The fourth-order valence-corrected chi connectivity index (χ4v) is 9.96. The third-order valence-electron chi connectivity index (χ3n) is 10.3. The van der Waals surface area contributed by atoms with E-state index in [0.717, 1.165) is 39.1 Å². The van der Waals surface area contributed by atoms with Crippen molar-refractivity contribution in [2.24, 2.45) is 0 Å². The van der Waals surface area contributed by atoms with E-state index < -0.39 is 0 Å². The van der Waals surface area contributed by atoms with Crippen LogP contribution in [-0.2, 0) is 0 Å². The van der Waals surface area contributed by atoms with Gasteiger partial charge in [-0.3, -0.25) is 0 Å². The lowest BCUT2D eigenvalue weighted by atomic mass is 9.94. The van der Waals surface area contributed by atoms with Crippen LogP contribution in [0.3, 0.4) is 0 Å². The number of fused-ring (bicyclic) bond motifs is 5. The quantitative estimate of drug-likeness (QED) is 0.170. The molecule has 4 nitrogen and oxygen atoms in total. The van der Waals surface area contributed by atoms with E-state index in [0.29, 0.717) is 17.5 Å². The molecule has 11 rings (SSSR count). The first kappa shape index (κ1) is 31.9.